The van der Waals surface area contributed by atoms with Crippen molar-refractivity contribution in [2.24, 2.45) is 5.73 Å². The van der Waals surface area contributed by atoms with Crippen molar-refractivity contribution in [3.8, 4) is 0 Å². The van der Waals surface area contributed by atoms with E-state index in [9.17, 15) is 8.42 Å². The van der Waals surface area contributed by atoms with Gasteiger partial charge < -0.3 is 10.5 Å². The molecule has 0 radical (unpaired) electrons. The molecule has 0 saturated carbocycles. The van der Waals surface area contributed by atoms with Crippen LogP contribution in [-0.2, 0) is 27.1 Å². The molecule has 19 heavy (non-hydrogen) atoms. The van der Waals surface area contributed by atoms with Gasteiger partial charge in [0.25, 0.3) is 0 Å². The SMILES string of the molecule is COCCCN(C)S(=O)(=O)Cc1cccc(CN)c1. The second-order valence-corrected chi connectivity index (χ2v) is 6.52. The molecule has 1 rings (SSSR count). The van der Waals surface area contributed by atoms with Crippen LogP contribution in [0.3, 0.4) is 0 Å². The predicted molar refractivity (Wildman–Crippen MR) is 76.1 cm³/mol. The molecular weight excluding hydrogens is 264 g/mol. The monoisotopic (exact) mass is 286 g/mol. The third-order valence-corrected chi connectivity index (χ3v) is 4.70. The van der Waals surface area contributed by atoms with Gasteiger partial charge in [0.2, 0.25) is 10.0 Å². The molecule has 1 aromatic rings. The van der Waals surface area contributed by atoms with Crippen molar-refractivity contribution in [3.63, 3.8) is 0 Å². The molecule has 0 unspecified atom stereocenters. The van der Waals surface area contributed by atoms with E-state index in [1.54, 1.807) is 20.2 Å². The maximum absolute atomic E-state index is 12.1. The van der Waals surface area contributed by atoms with E-state index < -0.39 is 10.0 Å². The van der Waals surface area contributed by atoms with Gasteiger partial charge in [-0.15, -0.1) is 0 Å². The van der Waals surface area contributed by atoms with Crippen LogP contribution in [-0.4, -0.2) is 40.0 Å². The molecule has 5 nitrogen and oxygen atoms in total. The summed E-state index contributed by atoms with van der Waals surface area (Å²) in [6.07, 6.45) is 0.690. The average molecular weight is 286 g/mol. The number of sulfonamides is 1. The molecule has 0 aromatic heterocycles. The zero-order valence-corrected chi connectivity index (χ0v) is 12.3. The highest BCUT2D eigenvalue weighted by atomic mass is 32.2. The van der Waals surface area contributed by atoms with Crippen LogP contribution in [0, 0.1) is 0 Å². The number of nitrogens with two attached hydrogens (primary N) is 1. The lowest BCUT2D eigenvalue weighted by Crippen LogP contribution is -2.29. The van der Waals surface area contributed by atoms with Gasteiger partial charge in [0.05, 0.1) is 5.75 Å². The second-order valence-electron chi connectivity index (χ2n) is 4.45. The summed E-state index contributed by atoms with van der Waals surface area (Å²) in [6.45, 7) is 1.44. The Morgan fingerprint density at radius 3 is 2.63 bits per heavy atom. The van der Waals surface area contributed by atoms with E-state index in [0.717, 1.165) is 11.1 Å². The molecule has 0 heterocycles. The van der Waals surface area contributed by atoms with Crippen LogP contribution in [0.25, 0.3) is 0 Å². The molecule has 0 spiro atoms. The normalized spacial score (nSPS) is 12.0. The minimum absolute atomic E-state index is 0.00429. The lowest BCUT2D eigenvalue weighted by molar-refractivity contribution is 0.189. The van der Waals surface area contributed by atoms with E-state index in [2.05, 4.69) is 0 Å². The van der Waals surface area contributed by atoms with E-state index in [1.165, 1.54) is 4.31 Å². The van der Waals surface area contributed by atoms with Gasteiger partial charge in [-0.2, -0.15) is 0 Å². The van der Waals surface area contributed by atoms with Gasteiger partial charge in [-0.1, -0.05) is 24.3 Å². The molecule has 0 aliphatic heterocycles. The fraction of sp³-hybridized carbons (Fsp3) is 0.538. The molecule has 6 heteroatoms. The summed E-state index contributed by atoms with van der Waals surface area (Å²) >= 11 is 0. The summed E-state index contributed by atoms with van der Waals surface area (Å²) in [6, 6.07) is 7.36. The Hall–Kier alpha value is -0.950. The van der Waals surface area contributed by atoms with Crippen LogP contribution in [0.2, 0.25) is 0 Å². The van der Waals surface area contributed by atoms with Crippen LogP contribution in [0.15, 0.2) is 24.3 Å². The Morgan fingerprint density at radius 2 is 2.00 bits per heavy atom. The van der Waals surface area contributed by atoms with Crippen molar-refractivity contribution >= 4 is 10.0 Å². The van der Waals surface area contributed by atoms with Crippen molar-refractivity contribution in [1.82, 2.24) is 4.31 Å². The Bertz CT molecular complexity index is 488. The van der Waals surface area contributed by atoms with Crippen LogP contribution in [0.5, 0.6) is 0 Å². The first kappa shape index (κ1) is 16.1. The standard InChI is InChI=1S/C13H22N2O3S/c1-15(7-4-8-18-2)19(16,17)11-13-6-3-5-12(9-13)10-14/h3,5-6,9H,4,7-8,10-11,14H2,1-2H3. The molecule has 2 N–H and O–H groups in total. The van der Waals surface area contributed by atoms with Gasteiger partial charge in [-0.3, -0.25) is 0 Å². The molecule has 0 aliphatic rings. The van der Waals surface area contributed by atoms with Crippen molar-refractivity contribution in [2.45, 2.75) is 18.7 Å². The van der Waals surface area contributed by atoms with Gasteiger partial charge in [0.1, 0.15) is 0 Å². The fourth-order valence-electron chi connectivity index (χ4n) is 1.74. The highest BCUT2D eigenvalue weighted by Crippen LogP contribution is 2.12. The fourth-order valence-corrected chi connectivity index (χ4v) is 2.97. The van der Waals surface area contributed by atoms with Crippen molar-refractivity contribution in [1.29, 1.82) is 0 Å². The molecule has 0 atom stereocenters. The molecule has 0 bridgehead atoms. The number of methoxy groups -OCH3 is 1. The summed E-state index contributed by atoms with van der Waals surface area (Å²) in [5, 5.41) is 0. The molecule has 0 fully saturated rings. The first-order valence-electron chi connectivity index (χ1n) is 6.20. The van der Waals surface area contributed by atoms with E-state index in [4.69, 9.17) is 10.5 Å². The number of benzene rings is 1. The van der Waals surface area contributed by atoms with Gasteiger partial charge in [0.15, 0.2) is 0 Å². The van der Waals surface area contributed by atoms with Crippen LogP contribution in [0.1, 0.15) is 17.5 Å². The Balaban J connectivity index is 2.67. The molecule has 0 saturated heterocycles. The van der Waals surface area contributed by atoms with E-state index >= 15 is 0 Å². The summed E-state index contributed by atoms with van der Waals surface area (Å²) in [5.74, 6) is 0.00429. The second kappa shape index (κ2) is 7.59. The van der Waals surface area contributed by atoms with Gasteiger partial charge in [0, 0.05) is 33.9 Å². The van der Waals surface area contributed by atoms with Gasteiger partial charge >= 0.3 is 0 Å². The smallest absolute Gasteiger partial charge is 0.218 e. The van der Waals surface area contributed by atoms with Crippen LogP contribution < -0.4 is 5.73 Å². The summed E-state index contributed by atoms with van der Waals surface area (Å²) in [5.41, 5.74) is 7.25. The van der Waals surface area contributed by atoms with E-state index in [0.29, 0.717) is 26.1 Å². The first-order chi connectivity index (χ1) is 8.99. The zero-order valence-electron chi connectivity index (χ0n) is 11.5. The predicted octanol–water partition coefficient (Wildman–Crippen LogP) is 0.943. The van der Waals surface area contributed by atoms with Crippen molar-refractivity contribution < 1.29 is 13.2 Å². The maximum atomic E-state index is 12.1. The van der Waals surface area contributed by atoms with Crippen LogP contribution >= 0.6 is 0 Å². The summed E-state index contributed by atoms with van der Waals surface area (Å²) in [7, 11) is -0.0828. The first-order valence-corrected chi connectivity index (χ1v) is 7.81. The summed E-state index contributed by atoms with van der Waals surface area (Å²) in [4.78, 5) is 0. The van der Waals surface area contributed by atoms with E-state index in [1.807, 2.05) is 18.2 Å². The average Bonchev–Trinajstić information content (AvgIpc) is 2.38. The largest absolute Gasteiger partial charge is 0.385 e. The Morgan fingerprint density at radius 1 is 1.32 bits per heavy atom. The number of hydrogen-bond donors (Lipinski definition) is 1. The number of ether oxygens (including phenoxy) is 1. The third-order valence-electron chi connectivity index (χ3n) is 2.87. The third kappa shape index (κ3) is 5.28. The van der Waals surface area contributed by atoms with Crippen molar-refractivity contribution in [2.75, 3.05) is 27.3 Å². The number of hydrogen-bond acceptors (Lipinski definition) is 4. The highest BCUT2D eigenvalue weighted by molar-refractivity contribution is 7.88. The van der Waals surface area contributed by atoms with Crippen molar-refractivity contribution in [3.05, 3.63) is 35.4 Å². The molecule has 108 valence electrons. The number of rotatable bonds is 8. The minimum Gasteiger partial charge on any atom is -0.385 e. The van der Waals surface area contributed by atoms with Gasteiger partial charge in [-0.05, 0) is 17.5 Å². The zero-order chi connectivity index (χ0) is 14.3. The number of nitrogens with zero attached hydrogens (tertiary/aromatic N) is 1. The molecular formula is C13H22N2O3S. The Kier molecular flexibility index (Phi) is 6.44. The minimum atomic E-state index is -3.28. The van der Waals surface area contributed by atoms with Gasteiger partial charge in [-0.25, -0.2) is 12.7 Å². The molecule has 0 amide bonds. The molecule has 0 aliphatic carbocycles. The lowest BCUT2D eigenvalue weighted by Gasteiger charge is -2.17. The lowest BCUT2D eigenvalue weighted by atomic mass is 10.1. The quantitative estimate of drug-likeness (QED) is 0.722. The van der Waals surface area contributed by atoms with Crippen LogP contribution in [0.4, 0.5) is 0 Å². The maximum Gasteiger partial charge on any atom is 0.218 e. The van der Waals surface area contributed by atoms with E-state index in [-0.39, 0.29) is 5.75 Å². The topological polar surface area (TPSA) is 72.6 Å². The molecule has 1 aromatic carbocycles. The Labute approximate surface area is 115 Å². The highest BCUT2D eigenvalue weighted by Gasteiger charge is 2.18. The summed E-state index contributed by atoms with van der Waals surface area (Å²) < 4.78 is 30.6.